The lowest BCUT2D eigenvalue weighted by atomic mass is 10.1. The molecule has 1 aliphatic heterocycles. The van der Waals surface area contributed by atoms with Crippen molar-refractivity contribution in [2.24, 2.45) is 0 Å². The van der Waals surface area contributed by atoms with Crippen LogP contribution >= 0.6 is 0 Å². The number of phenols is 1. The molecule has 2 aromatic carbocycles. The van der Waals surface area contributed by atoms with Crippen molar-refractivity contribution < 1.29 is 5.11 Å². The van der Waals surface area contributed by atoms with E-state index in [1.807, 2.05) is 6.07 Å². The summed E-state index contributed by atoms with van der Waals surface area (Å²) in [5.41, 5.74) is 4.90. The lowest BCUT2D eigenvalue weighted by Crippen LogP contribution is -2.28. The first-order valence-electron chi connectivity index (χ1n) is 6.78. The molecule has 0 aliphatic carbocycles. The van der Waals surface area contributed by atoms with Crippen molar-refractivity contribution >= 4 is 5.69 Å². The minimum atomic E-state index is 0.391. The average molecular weight is 253 g/mol. The number of anilines is 1. The van der Waals surface area contributed by atoms with Crippen molar-refractivity contribution in [3.8, 4) is 5.75 Å². The molecule has 0 radical (unpaired) electrons. The maximum absolute atomic E-state index is 10.0. The lowest BCUT2D eigenvalue weighted by Gasteiger charge is -2.25. The second kappa shape index (κ2) is 4.61. The van der Waals surface area contributed by atoms with Gasteiger partial charge in [0.25, 0.3) is 0 Å². The molecule has 0 saturated heterocycles. The van der Waals surface area contributed by atoms with Gasteiger partial charge < -0.3 is 10.0 Å². The molecule has 2 nitrogen and oxygen atoms in total. The Kier molecular flexibility index (Phi) is 2.94. The van der Waals surface area contributed by atoms with Crippen molar-refractivity contribution in [1.29, 1.82) is 0 Å². The molecule has 0 saturated carbocycles. The fraction of sp³-hybridized carbons (Fsp3) is 0.294. The van der Waals surface area contributed by atoms with Gasteiger partial charge in [0.15, 0.2) is 0 Å². The molecule has 3 rings (SSSR count). The van der Waals surface area contributed by atoms with Gasteiger partial charge in [-0.2, -0.15) is 0 Å². The van der Waals surface area contributed by atoms with Crippen LogP contribution in [-0.4, -0.2) is 11.1 Å². The van der Waals surface area contributed by atoms with Gasteiger partial charge >= 0.3 is 0 Å². The Labute approximate surface area is 114 Å². The zero-order valence-corrected chi connectivity index (χ0v) is 11.4. The van der Waals surface area contributed by atoms with Crippen molar-refractivity contribution in [3.05, 3.63) is 59.2 Å². The molecule has 1 atom stereocenters. The standard InChI is InChI=1S/C17H19NO/c1-12-7-8-17(19)15(9-12)11-18-13(2)10-14-5-3-4-6-16(14)18/h3-9,13,19H,10-11H2,1-2H3. The minimum Gasteiger partial charge on any atom is -0.508 e. The van der Waals surface area contributed by atoms with E-state index in [9.17, 15) is 5.11 Å². The highest BCUT2D eigenvalue weighted by Gasteiger charge is 2.25. The number of aromatic hydroxyl groups is 1. The van der Waals surface area contributed by atoms with Crippen LogP contribution in [0.3, 0.4) is 0 Å². The summed E-state index contributed by atoms with van der Waals surface area (Å²) in [5.74, 6) is 0.391. The topological polar surface area (TPSA) is 23.5 Å². The maximum atomic E-state index is 10.0. The number of benzene rings is 2. The highest BCUT2D eigenvalue weighted by molar-refractivity contribution is 5.60. The van der Waals surface area contributed by atoms with Crippen LogP contribution in [0.25, 0.3) is 0 Å². The number of aryl methyl sites for hydroxylation is 1. The summed E-state index contributed by atoms with van der Waals surface area (Å²) in [5, 5.41) is 10.0. The first kappa shape index (κ1) is 12.1. The van der Waals surface area contributed by atoms with Gasteiger partial charge in [-0.25, -0.2) is 0 Å². The molecule has 2 aromatic rings. The van der Waals surface area contributed by atoms with Crippen LogP contribution < -0.4 is 4.90 Å². The summed E-state index contributed by atoms with van der Waals surface area (Å²) < 4.78 is 0. The highest BCUT2D eigenvalue weighted by atomic mass is 16.3. The van der Waals surface area contributed by atoms with Crippen LogP contribution in [0.4, 0.5) is 5.69 Å². The van der Waals surface area contributed by atoms with Crippen molar-refractivity contribution in [1.82, 2.24) is 0 Å². The fourth-order valence-electron chi connectivity index (χ4n) is 2.89. The summed E-state index contributed by atoms with van der Waals surface area (Å²) in [6.45, 7) is 5.07. The molecule has 19 heavy (non-hydrogen) atoms. The normalized spacial score (nSPS) is 17.6. The Bertz CT molecular complexity index is 606. The number of hydrogen-bond donors (Lipinski definition) is 1. The van der Waals surface area contributed by atoms with Crippen molar-refractivity contribution in [3.63, 3.8) is 0 Å². The first-order chi connectivity index (χ1) is 9.15. The molecule has 0 spiro atoms. The third-order valence-corrected chi connectivity index (χ3v) is 3.92. The van der Waals surface area contributed by atoms with Crippen LogP contribution in [0.2, 0.25) is 0 Å². The predicted octanol–water partition coefficient (Wildman–Crippen LogP) is 3.65. The molecule has 0 fully saturated rings. The number of rotatable bonds is 2. The summed E-state index contributed by atoms with van der Waals surface area (Å²) in [6, 6.07) is 14.8. The van der Waals surface area contributed by atoms with Crippen molar-refractivity contribution in [2.45, 2.75) is 32.9 Å². The van der Waals surface area contributed by atoms with Crippen LogP contribution in [0.5, 0.6) is 5.75 Å². The van der Waals surface area contributed by atoms with Gasteiger partial charge in [-0.3, -0.25) is 0 Å². The summed E-state index contributed by atoms with van der Waals surface area (Å²) in [6.07, 6.45) is 1.09. The SMILES string of the molecule is Cc1ccc(O)c(CN2c3ccccc3CC2C)c1. The summed E-state index contributed by atoms with van der Waals surface area (Å²) in [7, 11) is 0. The Morgan fingerprint density at radius 1 is 1.21 bits per heavy atom. The van der Waals surface area contributed by atoms with Gasteiger partial charge in [-0.15, -0.1) is 0 Å². The van der Waals surface area contributed by atoms with E-state index < -0.39 is 0 Å². The quantitative estimate of drug-likeness (QED) is 0.883. The lowest BCUT2D eigenvalue weighted by molar-refractivity contribution is 0.466. The zero-order chi connectivity index (χ0) is 13.4. The monoisotopic (exact) mass is 253 g/mol. The van der Waals surface area contributed by atoms with Gasteiger partial charge in [0.1, 0.15) is 5.75 Å². The third kappa shape index (κ3) is 2.19. The molecule has 0 aromatic heterocycles. The molecular formula is C17H19NO. The average Bonchev–Trinajstić information content (AvgIpc) is 2.71. The van der Waals surface area contributed by atoms with Crippen LogP contribution in [0, 0.1) is 6.92 Å². The predicted molar refractivity (Wildman–Crippen MR) is 78.6 cm³/mol. The molecule has 1 N–H and O–H groups in total. The fourth-order valence-corrected chi connectivity index (χ4v) is 2.89. The van der Waals surface area contributed by atoms with Gasteiger partial charge in [0.05, 0.1) is 0 Å². The van der Waals surface area contributed by atoms with Crippen molar-refractivity contribution in [2.75, 3.05) is 4.90 Å². The Hall–Kier alpha value is -1.96. The highest BCUT2D eigenvalue weighted by Crippen LogP contribution is 2.34. The van der Waals surface area contributed by atoms with E-state index in [2.05, 4.69) is 49.1 Å². The smallest absolute Gasteiger partial charge is 0.120 e. The second-order valence-electron chi connectivity index (χ2n) is 5.44. The molecule has 0 bridgehead atoms. The molecule has 1 aliphatic rings. The van der Waals surface area contributed by atoms with E-state index in [-0.39, 0.29) is 0 Å². The van der Waals surface area contributed by atoms with Gasteiger partial charge in [-0.05, 0) is 38.0 Å². The van der Waals surface area contributed by atoms with E-state index in [4.69, 9.17) is 0 Å². The van der Waals surface area contributed by atoms with Gasteiger partial charge in [0.2, 0.25) is 0 Å². The largest absolute Gasteiger partial charge is 0.508 e. The van der Waals surface area contributed by atoms with Gasteiger partial charge in [-0.1, -0.05) is 35.9 Å². The van der Waals surface area contributed by atoms with Crippen LogP contribution in [-0.2, 0) is 13.0 Å². The number of fused-ring (bicyclic) bond motifs is 1. The summed E-state index contributed by atoms with van der Waals surface area (Å²) >= 11 is 0. The second-order valence-corrected chi connectivity index (χ2v) is 5.44. The number of hydrogen-bond acceptors (Lipinski definition) is 2. The molecule has 2 heteroatoms. The number of phenolic OH excluding ortho intramolecular Hbond substituents is 1. The first-order valence-corrected chi connectivity index (χ1v) is 6.78. The third-order valence-electron chi connectivity index (χ3n) is 3.92. The molecule has 1 heterocycles. The molecule has 98 valence electrons. The van der Waals surface area contributed by atoms with Crippen LogP contribution in [0.15, 0.2) is 42.5 Å². The number of para-hydroxylation sites is 1. The van der Waals surface area contributed by atoms with E-state index >= 15 is 0 Å². The number of nitrogens with zero attached hydrogens (tertiary/aromatic N) is 1. The Morgan fingerprint density at radius 3 is 2.84 bits per heavy atom. The molecule has 0 amide bonds. The minimum absolute atomic E-state index is 0.391. The maximum Gasteiger partial charge on any atom is 0.120 e. The van der Waals surface area contributed by atoms with E-state index in [0.29, 0.717) is 11.8 Å². The Morgan fingerprint density at radius 2 is 2.00 bits per heavy atom. The summed E-state index contributed by atoms with van der Waals surface area (Å²) in [4.78, 5) is 2.38. The molecular weight excluding hydrogens is 234 g/mol. The van der Waals surface area contributed by atoms with E-state index in [1.54, 1.807) is 6.07 Å². The van der Waals surface area contributed by atoms with E-state index in [1.165, 1.54) is 16.8 Å². The van der Waals surface area contributed by atoms with Gasteiger partial charge in [0, 0.05) is 23.8 Å². The van der Waals surface area contributed by atoms with E-state index in [0.717, 1.165) is 18.5 Å². The molecule has 1 unspecified atom stereocenters. The Balaban J connectivity index is 1.93. The zero-order valence-electron chi connectivity index (χ0n) is 11.4. The van der Waals surface area contributed by atoms with Crippen LogP contribution in [0.1, 0.15) is 23.6 Å².